The lowest BCUT2D eigenvalue weighted by Crippen LogP contribution is -2.28. The maximum absolute atomic E-state index is 12.1. The van der Waals surface area contributed by atoms with Crippen LogP contribution < -0.4 is 10.7 Å². The van der Waals surface area contributed by atoms with Gasteiger partial charge in [0, 0.05) is 12.6 Å². The molecule has 0 unspecified atom stereocenters. The van der Waals surface area contributed by atoms with Gasteiger partial charge in [0.2, 0.25) is 5.76 Å². The third kappa shape index (κ3) is 4.86. The van der Waals surface area contributed by atoms with Gasteiger partial charge in [-0.05, 0) is 29.8 Å². The molecule has 0 atom stereocenters. The lowest BCUT2D eigenvalue weighted by molar-refractivity contribution is -0.124. The van der Waals surface area contributed by atoms with Gasteiger partial charge in [0.1, 0.15) is 5.58 Å². The van der Waals surface area contributed by atoms with E-state index in [4.69, 9.17) is 9.15 Å². The summed E-state index contributed by atoms with van der Waals surface area (Å²) in [6.45, 7) is -0.349. The molecule has 1 amide bonds. The van der Waals surface area contributed by atoms with Crippen molar-refractivity contribution in [1.82, 2.24) is 5.32 Å². The first-order valence-electron chi connectivity index (χ1n) is 8.62. The van der Waals surface area contributed by atoms with Crippen LogP contribution in [0.3, 0.4) is 0 Å². The standard InChI is InChI=1S/C21H17NO7/c1-27-20(25)14-8-6-13(7-9-14)11-22-19(24)12-28-21(26)18-10-16(23)15-4-2-3-5-17(15)29-18/h2-10H,11-12H2,1H3,(H,22,24). The van der Waals surface area contributed by atoms with Crippen LogP contribution in [0.2, 0.25) is 0 Å². The van der Waals surface area contributed by atoms with E-state index in [2.05, 4.69) is 10.1 Å². The summed E-state index contributed by atoms with van der Waals surface area (Å²) in [5, 5.41) is 2.93. The number of esters is 2. The summed E-state index contributed by atoms with van der Waals surface area (Å²) in [6, 6.07) is 14.0. The van der Waals surface area contributed by atoms with Gasteiger partial charge in [-0.25, -0.2) is 9.59 Å². The monoisotopic (exact) mass is 395 g/mol. The lowest BCUT2D eigenvalue weighted by atomic mass is 10.1. The first-order chi connectivity index (χ1) is 14.0. The second-order valence-electron chi connectivity index (χ2n) is 6.01. The number of hydrogen-bond acceptors (Lipinski definition) is 7. The van der Waals surface area contributed by atoms with Gasteiger partial charge >= 0.3 is 11.9 Å². The molecule has 0 bridgehead atoms. The molecule has 3 rings (SSSR count). The normalized spacial score (nSPS) is 10.4. The highest BCUT2D eigenvalue weighted by atomic mass is 16.5. The molecule has 148 valence electrons. The van der Waals surface area contributed by atoms with E-state index in [1.54, 1.807) is 48.5 Å². The van der Waals surface area contributed by atoms with E-state index in [0.29, 0.717) is 10.9 Å². The summed E-state index contributed by atoms with van der Waals surface area (Å²) in [7, 11) is 1.29. The fourth-order valence-electron chi connectivity index (χ4n) is 2.53. The van der Waals surface area contributed by atoms with E-state index < -0.39 is 24.5 Å². The second-order valence-corrected chi connectivity index (χ2v) is 6.01. The molecule has 0 saturated heterocycles. The van der Waals surface area contributed by atoms with E-state index in [9.17, 15) is 19.2 Å². The third-order valence-corrected chi connectivity index (χ3v) is 4.03. The Balaban J connectivity index is 1.53. The molecule has 8 nitrogen and oxygen atoms in total. The number of benzene rings is 2. The minimum absolute atomic E-state index is 0.183. The van der Waals surface area contributed by atoms with Crippen molar-refractivity contribution in [2.24, 2.45) is 0 Å². The number of hydrogen-bond donors (Lipinski definition) is 1. The van der Waals surface area contributed by atoms with E-state index in [1.165, 1.54) is 7.11 Å². The first kappa shape index (κ1) is 19.8. The molecule has 0 saturated carbocycles. The van der Waals surface area contributed by atoms with Crippen LogP contribution in [-0.4, -0.2) is 31.6 Å². The average molecular weight is 395 g/mol. The van der Waals surface area contributed by atoms with Gasteiger partial charge in [-0.3, -0.25) is 9.59 Å². The fourth-order valence-corrected chi connectivity index (χ4v) is 2.53. The topological polar surface area (TPSA) is 112 Å². The van der Waals surface area contributed by atoms with Crippen molar-refractivity contribution in [3.8, 4) is 0 Å². The quantitative estimate of drug-likeness (QED) is 0.636. The van der Waals surface area contributed by atoms with E-state index in [-0.39, 0.29) is 23.3 Å². The predicted octanol–water partition coefficient (Wildman–Crippen LogP) is 2.05. The van der Waals surface area contributed by atoms with Gasteiger partial charge < -0.3 is 19.2 Å². The van der Waals surface area contributed by atoms with Crippen LogP contribution in [0, 0.1) is 0 Å². The number of nitrogens with one attached hydrogen (secondary N) is 1. The van der Waals surface area contributed by atoms with Gasteiger partial charge in [-0.15, -0.1) is 0 Å². The van der Waals surface area contributed by atoms with Crippen LogP contribution in [0.15, 0.2) is 63.8 Å². The smallest absolute Gasteiger partial charge is 0.374 e. The highest BCUT2D eigenvalue weighted by Crippen LogP contribution is 2.12. The Hall–Kier alpha value is -3.94. The molecule has 2 aromatic carbocycles. The van der Waals surface area contributed by atoms with Crippen LogP contribution in [0.25, 0.3) is 11.0 Å². The maximum atomic E-state index is 12.1. The van der Waals surface area contributed by atoms with E-state index >= 15 is 0 Å². The molecular weight excluding hydrogens is 378 g/mol. The minimum atomic E-state index is -0.912. The largest absolute Gasteiger partial charge is 0.465 e. The van der Waals surface area contributed by atoms with Crippen LogP contribution in [0.5, 0.6) is 0 Å². The number of carbonyl (C=O) groups excluding carboxylic acids is 3. The Morgan fingerprint density at radius 3 is 2.45 bits per heavy atom. The summed E-state index contributed by atoms with van der Waals surface area (Å²) in [5.74, 6) is -2.17. The molecule has 0 aliphatic rings. The van der Waals surface area contributed by atoms with Crippen LogP contribution in [0.1, 0.15) is 26.5 Å². The summed E-state index contributed by atoms with van der Waals surface area (Å²) < 4.78 is 14.9. The van der Waals surface area contributed by atoms with Gasteiger partial charge in [0.15, 0.2) is 12.0 Å². The Morgan fingerprint density at radius 1 is 1.00 bits per heavy atom. The SMILES string of the molecule is COC(=O)c1ccc(CNC(=O)COC(=O)c2cc(=O)c3ccccc3o2)cc1. The fraction of sp³-hybridized carbons (Fsp3) is 0.143. The molecule has 0 aliphatic carbocycles. The number of fused-ring (bicyclic) bond motifs is 1. The van der Waals surface area contributed by atoms with Crippen molar-refractivity contribution in [2.75, 3.05) is 13.7 Å². The average Bonchev–Trinajstić information content (AvgIpc) is 2.75. The number of carbonyl (C=O) groups is 3. The predicted molar refractivity (Wildman–Crippen MR) is 102 cm³/mol. The summed E-state index contributed by atoms with van der Waals surface area (Å²) in [4.78, 5) is 47.4. The molecule has 1 heterocycles. The summed E-state index contributed by atoms with van der Waals surface area (Å²) >= 11 is 0. The third-order valence-electron chi connectivity index (χ3n) is 4.03. The summed E-state index contributed by atoms with van der Waals surface area (Å²) in [5.41, 5.74) is 1.02. The van der Waals surface area contributed by atoms with Crippen molar-refractivity contribution in [2.45, 2.75) is 6.54 Å². The zero-order chi connectivity index (χ0) is 20.8. The molecule has 29 heavy (non-hydrogen) atoms. The number of amides is 1. The van der Waals surface area contributed by atoms with Gasteiger partial charge in [-0.1, -0.05) is 24.3 Å². The molecule has 0 spiro atoms. The Bertz CT molecular complexity index is 1120. The van der Waals surface area contributed by atoms with E-state index in [1.807, 2.05) is 0 Å². The molecule has 0 aliphatic heterocycles. The van der Waals surface area contributed by atoms with Gasteiger partial charge in [0.05, 0.1) is 18.1 Å². The molecular formula is C21H17NO7. The number of para-hydroxylation sites is 1. The Morgan fingerprint density at radius 2 is 1.72 bits per heavy atom. The maximum Gasteiger partial charge on any atom is 0.374 e. The molecule has 0 fully saturated rings. The van der Waals surface area contributed by atoms with Gasteiger partial charge in [-0.2, -0.15) is 0 Å². The Kier molecular flexibility index (Phi) is 6.03. The van der Waals surface area contributed by atoms with Crippen molar-refractivity contribution in [1.29, 1.82) is 0 Å². The second kappa shape index (κ2) is 8.83. The zero-order valence-electron chi connectivity index (χ0n) is 15.5. The number of ether oxygens (including phenoxy) is 2. The first-order valence-corrected chi connectivity index (χ1v) is 8.62. The minimum Gasteiger partial charge on any atom is -0.465 e. The Labute approximate surface area is 165 Å². The molecule has 1 N–H and O–H groups in total. The van der Waals surface area contributed by atoms with Crippen molar-refractivity contribution in [3.05, 3.63) is 81.7 Å². The van der Waals surface area contributed by atoms with Crippen molar-refractivity contribution >= 4 is 28.8 Å². The van der Waals surface area contributed by atoms with E-state index in [0.717, 1.165) is 11.6 Å². The van der Waals surface area contributed by atoms with Crippen LogP contribution in [0.4, 0.5) is 0 Å². The van der Waals surface area contributed by atoms with Crippen LogP contribution >= 0.6 is 0 Å². The van der Waals surface area contributed by atoms with Gasteiger partial charge in [0.25, 0.3) is 5.91 Å². The van der Waals surface area contributed by atoms with Crippen molar-refractivity contribution < 1.29 is 28.3 Å². The van der Waals surface area contributed by atoms with Crippen LogP contribution in [-0.2, 0) is 20.8 Å². The zero-order valence-corrected chi connectivity index (χ0v) is 15.5. The molecule has 1 aromatic heterocycles. The summed E-state index contributed by atoms with van der Waals surface area (Å²) in [6.07, 6.45) is 0. The molecule has 0 radical (unpaired) electrons. The van der Waals surface area contributed by atoms with Crippen molar-refractivity contribution in [3.63, 3.8) is 0 Å². The number of methoxy groups -OCH3 is 1. The highest BCUT2D eigenvalue weighted by Gasteiger charge is 2.15. The number of rotatable bonds is 6. The highest BCUT2D eigenvalue weighted by molar-refractivity contribution is 5.91. The lowest BCUT2D eigenvalue weighted by Gasteiger charge is -2.07. The molecule has 8 heteroatoms. The molecule has 3 aromatic rings.